The standard InChI is InChI=1S/C22H15Cl2N3O5/c1-13(22(28)19(11-25)18-8-2-14(23)10-20(18)24)31-16-4-6-17(7-5-16)32-21-9-3-15(12-26-21)27(29)30/h2-10,12-13,19H,1H3. The fourth-order valence-electron chi connectivity index (χ4n) is 2.77. The summed E-state index contributed by atoms with van der Waals surface area (Å²) < 4.78 is 11.2. The van der Waals surface area contributed by atoms with E-state index in [0.717, 1.165) is 6.20 Å². The second-order valence-corrected chi connectivity index (χ2v) is 7.42. The van der Waals surface area contributed by atoms with E-state index >= 15 is 0 Å². The molecule has 0 spiro atoms. The van der Waals surface area contributed by atoms with Gasteiger partial charge in [0.15, 0.2) is 11.9 Å². The molecule has 0 aliphatic carbocycles. The summed E-state index contributed by atoms with van der Waals surface area (Å²) in [6, 6.07) is 15.6. The number of hydrogen-bond acceptors (Lipinski definition) is 7. The van der Waals surface area contributed by atoms with Gasteiger partial charge in [0.2, 0.25) is 5.88 Å². The molecule has 8 nitrogen and oxygen atoms in total. The molecule has 0 fully saturated rings. The summed E-state index contributed by atoms with van der Waals surface area (Å²) >= 11 is 12.0. The molecule has 0 saturated heterocycles. The normalized spacial score (nSPS) is 12.3. The highest BCUT2D eigenvalue weighted by Crippen LogP contribution is 2.30. The number of carbonyl (C=O) groups is 1. The van der Waals surface area contributed by atoms with E-state index in [-0.39, 0.29) is 16.6 Å². The van der Waals surface area contributed by atoms with Gasteiger partial charge in [-0.1, -0.05) is 29.3 Å². The summed E-state index contributed by atoms with van der Waals surface area (Å²) in [5, 5.41) is 20.8. The molecule has 10 heteroatoms. The highest BCUT2D eigenvalue weighted by atomic mass is 35.5. The van der Waals surface area contributed by atoms with Crippen molar-refractivity contribution >= 4 is 34.7 Å². The molecular formula is C22H15Cl2N3O5. The number of pyridine rings is 1. The van der Waals surface area contributed by atoms with Crippen LogP contribution in [0.15, 0.2) is 60.8 Å². The maximum Gasteiger partial charge on any atom is 0.287 e. The van der Waals surface area contributed by atoms with Crippen LogP contribution >= 0.6 is 23.2 Å². The van der Waals surface area contributed by atoms with Gasteiger partial charge in [0.05, 0.1) is 11.0 Å². The molecule has 0 amide bonds. The number of halogens is 2. The fourth-order valence-corrected chi connectivity index (χ4v) is 3.28. The van der Waals surface area contributed by atoms with Gasteiger partial charge >= 0.3 is 0 Å². The number of Topliss-reactive ketones (excluding diaryl/α,β-unsaturated/α-hetero) is 1. The van der Waals surface area contributed by atoms with E-state index in [1.165, 1.54) is 18.2 Å². The lowest BCUT2D eigenvalue weighted by molar-refractivity contribution is -0.385. The number of nitro groups is 1. The highest BCUT2D eigenvalue weighted by molar-refractivity contribution is 6.35. The van der Waals surface area contributed by atoms with Gasteiger partial charge < -0.3 is 9.47 Å². The third-order valence-electron chi connectivity index (χ3n) is 4.38. The first-order chi connectivity index (χ1) is 15.3. The quantitative estimate of drug-likeness (QED) is 0.304. The van der Waals surface area contributed by atoms with Crippen LogP contribution in [0.4, 0.5) is 5.69 Å². The van der Waals surface area contributed by atoms with Gasteiger partial charge in [-0.25, -0.2) is 4.98 Å². The minimum absolute atomic E-state index is 0.143. The zero-order valence-corrected chi connectivity index (χ0v) is 18.1. The van der Waals surface area contributed by atoms with E-state index in [1.807, 2.05) is 6.07 Å². The van der Waals surface area contributed by atoms with Crippen LogP contribution in [0.25, 0.3) is 0 Å². The minimum atomic E-state index is -1.11. The Balaban J connectivity index is 1.65. The summed E-state index contributed by atoms with van der Waals surface area (Å²) in [6.45, 7) is 1.54. The van der Waals surface area contributed by atoms with Crippen LogP contribution in [0, 0.1) is 21.4 Å². The third-order valence-corrected chi connectivity index (χ3v) is 4.94. The largest absolute Gasteiger partial charge is 0.483 e. The number of carbonyl (C=O) groups excluding carboxylic acids is 1. The predicted molar refractivity (Wildman–Crippen MR) is 117 cm³/mol. The first-order valence-electron chi connectivity index (χ1n) is 9.22. The van der Waals surface area contributed by atoms with E-state index in [0.29, 0.717) is 22.1 Å². The second kappa shape index (κ2) is 10.1. The lowest BCUT2D eigenvalue weighted by atomic mass is 9.93. The van der Waals surface area contributed by atoms with Gasteiger partial charge in [-0.3, -0.25) is 14.9 Å². The van der Waals surface area contributed by atoms with E-state index in [9.17, 15) is 20.2 Å². The monoisotopic (exact) mass is 471 g/mol. The van der Waals surface area contributed by atoms with Gasteiger partial charge in [-0.2, -0.15) is 5.26 Å². The average molecular weight is 472 g/mol. The molecule has 0 bridgehead atoms. The number of rotatable bonds is 8. The number of benzene rings is 2. The molecule has 2 unspecified atom stereocenters. The van der Waals surface area contributed by atoms with Crippen molar-refractivity contribution in [2.75, 3.05) is 0 Å². The molecule has 2 aromatic carbocycles. The minimum Gasteiger partial charge on any atom is -0.483 e. The van der Waals surface area contributed by atoms with E-state index < -0.39 is 22.7 Å². The third kappa shape index (κ3) is 5.52. The van der Waals surface area contributed by atoms with Crippen LogP contribution in [0.5, 0.6) is 17.4 Å². The number of nitriles is 1. The second-order valence-electron chi connectivity index (χ2n) is 6.58. The van der Waals surface area contributed by atoms with Crippen LogP contribution in [-0.4, -0.2) is 21.8 Å². The van der Waals surface area contributed by atoms with E-state index in [2.05, 4.69) is 4.98 Å². The Morgan fingerprint density at radius 2 is 1.81 bits per heavy atom. The molecule has 1 heterocycles. The molecule has 0 radical (unpaired) electrons. The average Bonchev–Trinajstić information content (AvgIpc) is 2.77. The SMILES string of the molecule is CC(Oc1ccc(Oc2ccc([N+](=O)[O-])cn2)cc1)C(=O)C(C#N)c1ccc(Cl)cc1Cl. The maximum atomic E-state index is 12.8. The first-order valence-corrected chi connectivity index (χ1v) is 9.97. The topological polar surface area (TPSA) is 115 Å². The molecule has 0 aliphatic heterocycles. The molecule has 0 aliphatic rings. The van der Waals surface area contributed by atoms with Crippen molar-refractivity contribution in [2.24, 2.45) is 0 Å². The number of aromatic nitrogens is 1. The summed E-state index contributed by atoms with van der Waals surface area (Å²) in [4.78, 5) is 26.8. The molecule has 162 valence electrons. The van der Waals surface area contributed by atoms with Gasteiger partial charge in [-0.05, 0) is 48.9 Å². The molecule has 3 aromatic rings. The van der Waals surface area contributed by atoms with E-state index in [4.69, 9.17) is 32.7 Å². The van der Waals surface area contributed by atoms with Crippen LogP contribution < -0.4 is 9.47 Å². The van der Waals surface area contributed by atoms with Crippen LogP contribution in [0.2, 0.25) is 10.0 Å². The van der Waals surface area contributed by atoms with Gasteiger partial charge in [0.25, 0.3) is 5.69 Å². The van der Waals surface area contributed by atoms with Gasteiger partial charge in [0, 0.05) is 22.2 Å². The Hall–Kier alpha value is -3.67. The molecule has 32 heavy (non-hydrogen) atoms. The molecular weight excluding hydrogens is 457 g/mol. The van der Waals surface area contributed by atoms with Crippen molar-refractivity contribution in [2.45, 2.75) is 18.9 Å². The summed E-state index contributed by atoms with van der Waals surface area (Å²) in [5.74, 6) is -0.573. The molecule has 3 rings (SSSR count). The first kappa shape index (κ1) is 23.0. The molecule has 2 atom stereocenters. The Morgan fingerprint density at radius 3 is 2.38 bits per heavy atom. The van der Waals surface area contributed by atoms with Gasteiger partial charge in [-0.15, -0.1) is 0 Å². The summed E-state index contributed by atoms with van der Waals surface area (Å²) in [5.41, 5.74) is 0.216. The molecule has 0 saturated carbocycles. The maximum absolute atomic E-state index is 12.8. The van der Waals surface area contributed by atoms with Crippen molar-refractivity contribution in [3.8, 4) is 23.4 Å². The van der Waals surface area contributed by atoms with Crippen LogP contribution in [0.1, 0.15) is 18.4 Å². The lowest BCUT2D eigenvalue weighted by Gasteiger charge is -2.18. The number of nitrogens with zero attached hydrogens (tertiary/aromatic N) is 3. The van der Waals surface area contributed by atoms with E-state index in [1.54, 1.807) is 43.3 Å². The highest BCUT2D eigenvalue weighted by Gasteiger charge is 2.28. The smallest absolute Gasteiger partial charge is 0.287 e. The van der Waals surface area contributed by atoms with Gasteiger partial charge in [0.1, 0.15) is 23.6 Å². The summed E-state index contributed by atoms with van der Waals surface area (Å²) in [6.07, 6.45) is 0.174. The Kier molecular flexibility index (Phi) is 7.25. The Bertz CT molecular complexity index is 1180. The van der Waals surface area contributed by atoms with Crippen molar-refractivity contribution in [3.05, 3.63) is 86.5 Å². The Morgan fingerprint density at radius 1 is 1.12 bits per heavy atom. The number of ether oxygens (including phenoxy) is 2. The predicted octanol–water partition coefficient (Wildman–Crippen LogP) is 5.73. The van der Waals surface area contributed by atoms with Crippen molar-refractivity contribution in [3.63, 3.8) is 0 Å². The lowest BCUT2D eigenvalue weighted by Crippen LogP contribution is -2.29. The zero-order valence-electron chi connectivity index (χ0n) is 16.6. The Labute approximate surface area is 193 Å². The zero-order chi connectivity index (χ0) is 23.3. The molecule has 0 N–H and O–H groups in total. The van der Waals surface area contributed by atoms with Crippen LogP contribution in [0.3, 0.4) is 0 Å². The van der Waals surface area contributed by atoms with Crippen LogP contribution in [-0.2, 0) is 4.79 Å². The summed E-state index contributed by atoms with van der Waals surface area (Å²) in [7, 11) is 0. The van der Waals surface area contributed by atoms with Crippen molar-refractivity contribution in [1.82, 2.24) is 4.98 Å². The number of hydrogen-bond donors (Lipinski definition) is 0. The number of ketones is 1. The molecule has 1 aromatic heterocycles. The van der Waals surface area contributed by atoms with Crippen molar-refractivity contribution < 1.29 is 19.2 Å². The van der Waals surface area contributed by atoms with Crippen molar-refractivity contribution in [1.29, 1.82) is 5.26 Å². The fraction of sp³-hybridized carbons (Fsp3) is 0.136.